The molecule has 0 aliphatic rings. The van der Waals surface area contributed by atoms with Gasteiger partial charge in [-0.3, -0.25) is 4.55 Å². The first-order chi connectivity index (χ1) is 9.61. The Kier molecular flexibility index (Phi) is 5.82. The minimum Gasteiger partial charge on any atom is -0.279 e. The van der Waals surface area contributed by atoms with Crippen molar-refractivity contribution in [3.8, 4) is 11.1 Å². The fourth-order valence-corrected chi connectivity index (χ4v) is 1.43. The van der Waals surface area contributed by atoms with Crippen LogP contribution in [0, 0.1) is 0 Å². The lowest BCUT2D eigenvalue weighted by molar-refractivity contribution is -0.0510. The van der Waals surface area contributed by atoms with Crippen molar-refractivity contribution in [3.63, 3.8) is 0 Å². The molecule has 2 rings (SSSR count). The van der Waals surface area contributed by atoms with E-state index in [9.17, 15) is 13.2 Å². The van der Waals surface area contributed by atoms with Crippen molar-refractivity contribution in [3.05, 3.63) is 54.6 Å². The van der Waals surface area contributed by atoms with Gasteiger partial charge in [0.15, 0.2) is 0 Å². The van der Waals surface area contributed by atoms with E-state index in [-0.39, 0.29) is 0 Å². The lowest BCUT2D eigenvalue weighted by atomic mass is 10.1. The topological polar surface area (TPSA) is 54.4 Å². The predicted molar refractivity (Wildman–Crippen MR) is 76.7 cm³/mol. The third-order valence-corrected chi connectivity index (χ3v) is 3.15. The zero-order chi connectivity index (χ0) is 16.1. The van der Waals surface area contributed by atoms with Crippen LogP contribution in [-0.2, 0) is 10.1 Å². The molecule has 8 heteroatoms. The van der Waals surface area contributed by atoms with Gasteiger partial charge in [-0.25, -0.2) is 0 Å². The highest BCUT2D eigenvalue weighted by molar-refractivity contribution is 7.86. The van der Waals surface area contributed by atoms with Crippen molar-refractivity contribution in [2.75, 3.05) is 0 Å². The Morgan fingerprint density at radius 1 is 0.857 bits per heavy atom. The second-order valence-corrected chi connectivity index (χ2v) is 5.76. The first-order valence-electron chi connectivity index (χ1n) is 5.49. The largest absolute Gasteiger partial charge is 0.522 e. The molecule has 0 saturated carbocycles. The summed E-state index contributed by atoms with van der Waals surface area (Å²) in [4.78, 5) is 1.000. The summed E-state index contributed by atoms with van der Waals surface area (Å²) in [6.45, 7) is 0. The summed E-state index contributed by atoms with van der Waals surface area (Å²) in [5.74, 6) is 0. The molecule has 1 N–H and O–H groups in total. The van der Waals surface area contributed by atoms with E-state index < -0.39 is 15.6 Å². The molecule has 0 atom stereocenters. The molecule has 21 heavy (non-hydrogen) atoms. The molecule has 0 unspecified atom stereocenters. The van der Waals surface area contributed by atoms with Gasteiger partial charge in [0.2, 0.25) is 0 Å². The average Bonchev–Trinajstić information content (AvgIpc) is 2.39. The smallest absolute Gasteiger partial charge is 0.279 e. The number of hydrogen-bond donors (Lipinski definition) is 2. The Labute approximate surface area is 125 Å². The summed E-state index contributed by atoms with van der Waals surface area (Å²) in [6, 6.07) is 18.5. The maximum absolute atomic E-state index is 10.7. The minimum absolute atomic E-state index is 1.000. The number of benzene rings is 2. The maximum atomic E-state index is 10.7. The van der Waals surface area contributed by atoms with E-state index in [4.69, 9.17) is 13.0 Å². The summed E-state index contributed by atoms with van der Waals surface area (Å²) in [6.07, 6.45) is 0. The summed E-state index contributed by atoms with van der Waals surface area (Å²) < 4.78 is 57.5. The van der Waals surface area contributed by atoms with Gasteiger partial charge in [-0.05, 0) is 23.3 Å². The van der Waals surface area contributed by atoms with Crippen LogP contribution in [0.4, 0.5) is 13.2 Å². The van der Waals surface area contributed by atoms with Crippen molar-refractivity contribution in [2.45, 2.75) is 10.4 Å². The normalized spacial score (nSPS) is 11.5. The van der Waals surface area contributed by atoms with Crippen LogP contribution in [0.2, 0.25) is 0 Å². The SMILES string of the molecule is O=S(=O)(O)C(F)(F)F.Sc1ccc(-c2ccccc2)cc1. The molecule has 0 amide bonds. The van der Waals surface area contributed by atoms with Gasteiger partial charge in [-0.15, -0.1) is 12.6 Å². The lowest BCUT2D eigenvalue weighted by Crippen LogP contribution is -2.21. The monoisotopic (exact) mass is 336 g/mol. The average molecular weight is 336 g/mol. The van der Waals surface area contributed by atoms with E-state index >= 15 is 0 Å². The summed E-state index contributed by atoms with van der Waals surface area (Å²) >= 11 is 4.24. The highest BCUT2D eigenvalue weighted by atomic mass is 32.2. The summed E-state index contributed by atoms with van der Waals surface area (Å²) in [5, 5.41) is 0. The van der Waals surface area contributed by atoms with Gasteiger partial charge < -0.3 is 0 Å². The number of thiol groups is 1. The molecule has 0 spiro atoms. The van der Waals surface area contributed by atoms with Crippen LogP contribution in [0.25, 0.3) is 11.1 Å². The van der Waals surface area contributed by atoms with E-state index in [0.29, 0.717) is 0 Å². The number of halogens is 3. The van der Waals surface area contributed by atoms with Crippen molar-refractivity contribution >= 4 is 22.7 Å². The van der Waals surface area contributed by atoms with Gasteiger partial charge in [0.1, 0.15) is 0 Å². The van der Waals surface area contributed by atoms with Crippen LogP contribution in [0.1, 0.15) is 0 Å². The van der Waals surface area contributed by atoms with Gasteiger partial charge >= 0.3 is 15.6 Å². The molecule has 0 aromatic heterocycles. The number of alkyl halides is 3. The summed E-state index contributed by atoms with van der Waals surface area (Å²) in [5.41, 5.74) is -3.05. The first kappa shape index (κ1) is 17.5. The third kappa shape index (κ3) is 5.78. The minimum atomic E-state index is -5.84. The van der Waals surface area contributed by atoms with Crippen molar-refractivity contribution < 1.29 is 26.1 Å². The Hall–Kier alpha value is -1.51. The van der Waals surface area contributed by atoms with E-state index in [2.05, 4.69) is 36.9 Å². The molecule has 2 aromatic carbocycles. The highest BCUT2D eigenvalue weighted by Gasteiger charge is 2.44. The van der Waals surface area contributed by atoms with Crippen LogP contribution in [0.3, 0.4) is 0 Å². The van der Waals surface area contributed by atoms with Gasteiger partial charge in [0.25, 0.3) is 0 Å². The molecular formula is C13H11F3O3S2. The standard InChI is InChI=1S/C12H10S.CHF3O3S/c13-12-8-6-11(7-9-12)10-4-2-1-3-5-10;2-1(3,4)8(5,6)7/h1-9,13H;(H,5,6,7). The van der Waals surface area contributed by atoms with Crippen molar-refractivity contribution in [1.29, 1.82) is 0 Å². The predicted octanol–water partition coefficient (Wildman–Crippen LogP) is 4.04. The Balaban J connectivity index is 0.000000240. The fourth-order valence-electron chi connectivity index (χ4n) is 1.28. The van der Waals surface area contributed by atoms with Crippen LogP contribution in [0.5, 0.6) is 0 Å². The molecule has 0 fully saturated rings. The quantitative estimate of drug-likeness (QED) is 0.469. The van der Waals surface area contributed by atoms with Crippen LogP contribution < -0.4 is 0 Å². The zero-order valence-electron chi connectivity index (χ0n) is 10.4. The molecule has 0 heterocycles. The Morgan fingerprint density at radius 3 is 1.62 bits per heavy atom. The van der Waals surface area contributed by atoms with E-state index in [1.54, 1.807) is 0 Å². The second kappa shape index (κ2) is 6.97. The molecule has 0 aliphatic heterocycles. The molecule has 0 bridgehead atoms. The van der Waals surface area contributed by atoms with Gasteiger partial charge in [-0.2, -0.15) is 21.6 Å². The molecule has 3 nitrogen and oxygen atoms in total. The summed E-state index contributed by atoms with van der Waals surface area (Å²) in [7, 11) is -5.84. The third-order valence-electron chi connectivity index (χ3n) is 2.27. The molecule has 2 aromatic rings. The van der Waals surface area contributed by atoms with Gasteiger partial charge in [-0.1, -0.05) is 42.5 Å². The molecule has 114 valence electrons. The van der Waals surface area contributed by atoms with Crippen LogP contribution in [0.15, 0.2) is 59.5 Å². The molecule has 0 aliphatic carbocycles. The van der Waals surface area contributed by atoms with Gasteiger partial charge in [0.05, 0.1) is 0 Å². The zero-order valence-corrected chi connectivity index (χ0v) is 12.2. The number of rotatable bonds is 1. The lowest BCUT2D eigenvalue weighted by Gasteiger charge is -2.00. The number of hydrogen-bond acceptors (Lipinski definition) is 3. The maximum Gasteiger partial charge on any atom is 0.522 e. The van der Waals surface area contributed by atoms with Crippen molar-refractivity contribution in [2.24, 2.45) is 0 Å². The highest BCUT2D eigenvalue weighted by Crippen LogP contribution is 2.21. The van der Waals surface area contributed by atoms with Crippen molar-refractivity contribution in [1.82, 2.24) is 0 Å². The Morgan fingerprint density at radius 2 is 1.24 bits per heavy atom. The molecule has 0 saturated heterocycles. The van der Waals surface area contributed by atoms with Crippen LogP contribution in [-0.4, -0.2) is 18.5 Å². The molecular weight excluding hydrogens is 325 g/mol. The fraction of sp³-hybridized carbons (Fsp3) is 0.0769. The first-order valence-corrected chi connectivity index (χ1v) is 7.38. The van der Waals surface area contributed by atoms with E-state index in [1.807, 2.05) is 30.3 Å². The van der Waals surface area contributed by atoms with E-state index in [0.717, 1.165) is 4.90 Å². The Bertz CT molecular complexity index is 666. The molecule has 0 radical (unpaired) electrons. The van der Waals surface area contributed by atoms with Crippen LogP contribution >= 0.6 is 12.6 Å². The van der Waals surface area contributed by atoms with Gasteiger partial charge in [0, 0.05) is 4.90 Å². The second-order valence-electron chi connectivity index (χ2n) is 3.83. The van der Waals surface area contributed by atoms with E-state index in [1.165, 1.54) is 11.1 Å².